The van der Waals surface area contributed by atoms with Gasteiger partial charge in [0.1, 0.15) is 18.6 Å². The Hall–Kier alpha value is -2.69. The maximum absolute atomic E-state index is 12.7. The normalized spacial score (nSPS) is 15.1. The van der Waals surface area contributed by atoms with E-state index in [4.69, 9.17) is 15.9 Å². The maximum Gasteiger partial charge on any atom is 0.322 e. The van der Waals surface area contributed by atoms with Crippen LogP contribution in [0.2, 0.25) is 0 Å². The van der Waals surface area contributed by atoms with Crippen molar-refractivity contribution in [1.82, 2.24) is 16.0 Å². The number of rotatable bonds is 12. The summed E-state index contributed by atoms with van der Waals surface area (Å²) in [5, 5.41) is 24.4. The summed E-state index contributed by atoms with van der Waals surface area (Å²) in [6.07, 6.45) is -0.228. The van der Waals surface area contributed by atoms with Crippen LogP contribution in [0.15, 0.2) is 0 Å². The van der Waals surface area contributed by atoms with Crippen LogP contribution in [-0.4, -0.2) is 64.5 Å². The van der Waals surface area contributed by atoms with E-state index in [0.29, 0.717) is 6.42 Å². The highest BCUT2D eigenvalue weighted by Gasteiger charge is 2.32. The Morgan fingerprint density at radius 3 is 1.89 bits per heavy atom. The molecule has 0 aliphatic heterocycles. The molecule has 0 rings (SSSR count). The molecule has 0 aromatic carbocycles. The van der Waals surface area contributed by atoms with Crippen LogP contribution in [0.25, 0.3) is 0 Å². The van der Waals surface area contributed by atoms with Gasteiger partial charge in [-0.25, -0.2) is 0 Å². The molecular formula is C17H30N4O7. The molecule has 0 spiro atoms. The lowest BCUT2D eigenvalue weighted by Gasteiger charge is -2.27. The van der Waals surface area contributed by atoms with Gasteiger partial charge in [-0.1, -0.05) is 34.1 Å². The van der Waals surface area contributed by atoms with E-state index in [-0.39, 0.29) is 11.8 Å². The van der Waals surface area contributed by atoms with Crippen molar-refractivity contribution < 1.29 is 34.2 Å². The number of carbonyl (C=O) groups excluding carboxylic acids is 3. The van der Waals surface area contributed by atoms with Gasteiger partial charge in [-0.05, 0) is 11.8 Å². The second-order valence-corrected chi connectivity index (χ2v) is 6.91. The Bertz CT molecular complexity index is 594. The molecule has 0 aliphatic carbocycles. The third kappa shape index (κ3) is 8.80. The van der Waals surface area contributed by atoms with E-state index in [1.54, 1.807) is 27.7 Å². The van der Waals surface area contributed by atoms with Crippen molar-refractivity contribution in [3.63, 3.8) is 0 Å². The summed E-state index contributed by atoms with van der Waals surface area (Å²) in [7, 11) is 0. The number of nitrogens with two attached hydrogens (primary N) is 1. The van der Waals surface area contributed by atoms with E-state index in [1.807, 2.05) is 5.32 Å². The van der Waals surface area contributed by atoms with Gasteiger partial charge in [0.25, 0.3) is 0 Å². The lowest BCUT2D eigenvalue weighted by molar-refractivity contribution is -0.142. The molecule has 0 saturated heterocycles. The Morgan fingerprint density at radius 2 is 1.46 bits per heavy atom. The molecule has 0 bridgehead atoms. The predicted octanol–water partition coefficient (Wildman–Crippen LogP) is -1.34. The molecule has 0 aromatic rings. The third-order valence-corrected chi connectivity index (χ3v) is 4.24. The van der Waals surface area contributed by atoms with Gasteiger partial charge in [-0.3, -0.25) is 24.0 Å². The molecule has 160 valence electrons. The van der Waals surface area contributed by atoms with E-state index >= 15 is 0 Å². The minimum Gasteiger partial charge on any atom is -0.481 e. The number of carboxylic acids is 2. The van der Waals surface area contributed by atoms with Crippen LogP contribution >= 0.6 is 0 Å². The van der Waals surface area contributed by atoms with Crippen LogP contribution < -0.4 is 21.7 Å². The molecule has 0 saturated carbocycles. The first-order valence-corrected chi connectivity index (χ1v) is 8.98. The van der Waals surface area contributed by atoms with Crippen molar-refractivity contribution >= 4 is 29.7 Å². The lowest BCUT2D eigenvalue weighted by atomic mass is 9.96. The summed E-state index contributed by atoms with van der Waals surface area (Å²) in [4.78, 5) is 58.5. The molecule has 11 heteroatoms. The van der Waals surface area contributed by atoms with Crippen LogP contribution in [0.3, 0.4) is 0 Å². The molecule has 28 heavy (non-hydrogen) atoms. The Morgan fingerprint density at radius 1 is 0.893 bits per heavy atom. The first kappa shape index (κ1) is 25.3. The van der Waals surface area contributed by atoms with E-state index in [9.17, 15) is 24.0 Å². The number of carbonyl (C=O) groups is 5. The monoisotopic (exact) mass is 402 g/mol. The molecule has 3 amide bonds. The van der Waals surface area contributed by atoms with Crippen molar-refractivity contribution in [3.8, 4) is 0 Å². The van der Waals surface area contributed by atoms with Crippen LogP contribution in [0.1, 0.15) is 40.5 Å². The number of hydrogen-bond donors (Lipinski definition) is 6. The zero-order valence-corrected chi connectivity index (χ0v) is 16.5. The first-order valence-electron chi connectivity index (χ1n) is 8.98. The largest absolute Gasteiger partial charge is 0.481 e. The summed E-state index contributed by atoms with van der Waals surface area (Å²) in [5.74, 6) is -5.41. The summed E-state index contributed by atoms with van der Waals surface area (Å²) < 4.78 is 0. The predicted molar refractivity (Wildman–Crippen MR) is 99.0 cm³/mol. The minimum atomic E-state index is -1.49. The molecule has 0 radical (unpaired) electrons. The van der Waals surface area contributed by atoms with Gasteiger partial charge < -0.3 is 31.9 Å². The Labute approximate surface area is 163 Å². The maximum atomic E-state index is 12.7. The highest BCUT2D eigenvalue weighted by molar-refractivity contribution is 5.95. The Kier molecular flexibility index (Phi) is 10.8. The number of nitrogens with one attached hydrogen (secondary N) is 3. The van der Waals surface area contributed by atoms with E-state index in [0.717, 1.165) is 0 Å². The molecular weight excluding hydrogens is 372 g/mol. The molecule has 0 aromatic heterocycles. The molecule has 11 nitrogen and oxygen atoms in total. The summed E-state index contributed by atoms with van der Waals surface area (Å²) in [6.45, 7) is 6.28. The van der Waals surface area contributed by atoms with Crippen LogP contribution in [0, 0.1) is 11.8 Å². The van der Waals surface area contributed by atoms with Crippen LogP contribution in [-0.2, 0) is 24.0 Å². The summed E-state index contributed by atoms with van der Waals surface area (Å²) in [5.41, 5.74) is 5.79. The van der Waals surface area contributed by atoms with Crippen molar-refractivity contribution in [2.24, 2.45) is 17.6 Å². The van der Waals surface area contributed by atoms with Crippen molar-refractivity contribution in [2.75, 3.05) is 6.54 Å². The number of carboxylic acid groups (broad SMARTS) is 2. The summed E-state index contributed by atoms with van der Waals surface area (Å²) >= 11 is 0. The van der Waals surface area contributed by atoms with Gasteiger partial charge in [0, 0.05) is 0 Å². The van der Waals surface area contributed by atoms with Gasteiger partial charge in [0.05, 0.1) is 12.5 Å². The molecule has 0 fully saturated rings. The molecule has 4 unspecified atom stereocenters. The van der Waals surface area contributed by atoms with E-state index in [1.165, 1.54) is 0 Å². The number of hydrogen-bond acceptors (Lipinski definition) is 6. The third-order valence-electron chi connectivity index (χ3n) is 4.24. The quantitative estimate of drug-likeness (QED) is 0.231. The fourth-order valence-electron chi connectivity index (χ4n) is 2.19. The standard InChI is InChI=1S/C17H30N4O7/c1-5-9(4)14(21-16(27)13(18)8(2)3)17(28)20-10(6-11(22)23)15(26)19-7-12(24)25/h8-10,13-14H,5-7,18H2,1-4H3,(H,19,26)(H,20,28)(H,21,27)(H,22,23)(H,24,25). The van der Waals surface area contributed by atoms with Crippen molar-refractivity contribution in [2.45, 2.75) is 58.7 Å². The zero-order chi connectivity index (χ0) is 22.0. The van der Waals surface area contributed by atoms with Crippen LogP contribution in [0.5, 0.6) is 0 Å². The fraction of sp³-hybridized carbons (Fsp3) is 0.706. The zero-order valence-electron chi connectivity index (χ0n) is 16.5. The molecule has 0 heterocycles. The topological polar surface area (TPSA) is 188 Å². The second kappa shape index (κ2) is 11.9. The van der Waals surface area contributed by atoms with E-state index < -0.39 is 60.8 Å². The molecule has 4 atom stereocenters. The minimum absolute atomic E-state index is 0.165. The summed E-state index contributed by atoms with van der Waals surface area (Å²) in [6, 6.07) is -3.37. The smallest absolute Gasteiger partial charge is 0.322 e. The van der Waals surface area contributed by atoms with Gasteiger partial charge in [-0.15, -0.1) is 0 Å². The lowest BCUT2D eigenvalue weighted by Crippen LogP contribution is -2.58. The van der Waals surface area contributed by atoms with Gasteiger partial charge in [0.15, 0.2) is 0 Å². The number of aliphatic carboxylic acids is 2. The van der Waals surface area contributed by atoms with Gasteiger partial charge in [0.2, 0.25) is 17.7 Å². The average molecular weight is 402 g/mol. The van der Waals surface area contributed by atoms with Crippen LogP contribution in [0.4, 0.5) is 0 Å². The highest BCUT2D eigenvalue weighted by Crippen LogP contribution is 2.10. The first-order chi connectivity index (χ1) is 12.9. The Balaban J connectivity index is 5.34. The SMILES string of the molecule is CCC(C)C(NC(=O)C(N)C(C)C)C(=O)NC(CC(=O)O)C(=O)NCC(=O)O. The van der Waals surface area contributed by atoms with Gasteiger partial charge >= 0.3 is 11.9 Å². The van der Waals surface area contributed by atoms with Crippen molar-refractivity contribution in [1.29, 1.82) is 0 Å². The molecule has 0 aliphatic rings. The number of amides is 3. The highest BCUT2D eigenvalue weighted by atomic mass is 16.4. The second-order valence-electron chi connectivity index (χ2n) is 6.91. The van der Waals surface area contributed by atoms with Crippen molar-refractivity contribution in [3.05, 3.63) is 0 Å². The fourth-order valence-corrected chi connectivity index (χ4v) is 2.19. The molecule has 7 N–H and O–H groups in total. The average Bonchev–Trinajstić information content (AvgIpc) is 2.61. The van der Waals surface area contributed by atoms with E-state index in [2.05, 4.69) is 10.6 Å². The van der Waals surface area contributed by atoms with Gasteiger partial charge in [-0.2, -0.15) is 0 Å².